The zero-order valence-corrected chi connectivity index (χ0v) is 26.7. The smallest absolute Gasteiger partial charge is 0.850 e. The Bertz CT molecular complexity index is 985. The molecular formula is C33H46Li2O3Si. The van der Waals surface area contributed by atoms with E-state index >= 15 is 0 Å². The molecule has 0 N–H and O–H groups in total. The average Bonchev–Trinajstić information content (AvgIpc) is 3.23. The van der Waals surface area contributed by atoms with E-state index in [9.17, 15) is 9.90 Å². The van der Waals surface area contributed by atoms with Crippen molar-refractivity contribution >= 4 is 19.8 Å². The fraction of sp³-hybridized carbons (Fsp3) is 0.424. The third kappa shape index (κ3) is 14.7. The van der Waals surface area contributed by atoms with Gasteiger partial charge in [0.25, 0.3) is 0 Å². The molecule has 1 heterocycles. The largest absolute Gasteiger partial charge is 1.00 e. The summed E-state index contributed by atoms with van der Waals surface area (Å²) in [5.41, 5.74) is 2.99. The molecule has 4 rings (SSSR count). The van der Waals surface area contributed by atoms with Crippen LogP contribution < -0.4 is 48.0 Å². The SMILES string of the molecule is CC.CCCCC([O-])c1[c-]cccc1.CCCCC1O[Si](C)(C)c2ccccc21.O=Cc1ccccc1.[Li+].[Li+]. The van der Waals surface area contributed by atoms with Gasteiger partial charge in [-0.15, -0.1) is 6.10 Å². The van der Waals surface area contributed by atoms with Gasteiger partial charge in [0, 0.05) is 5.56 Å². The number of unbranched alkanes of at least 4 members (excludes halogenated alkanes) is 2. The molecule has 0 spiro atoms. The van der Waals surface area contributed by atoms with E-state index in [0.717, 1.165) is 36.7 Å². The Balaban J connectivity index is 0. The third-order valence-electron chi connectivity index (χ3n) is 6.05. The van der Waals surface area contributed by atoms with E-state index in [4.69, 9.17) is 4.43 Å². The molecule has 39 heavy (non-hydrogen) atoms. The summed E-state index contributed by atoms with van der Waals surface area (Å²) in [4.78, 5) is 10.0. The molecule has 3 aromatic carbocycles. The zero-order chi connectivity index (χ0) is 27.5. The van der Waals surface area contributed by atoms with Gasteiger partial charge in [-0.25, -0.2) is 0 Å². The number of carbonyl (C=O) groups excluding carboxylic acids is 1. The summed E-state index contributed by atoms with van der Waals surface area (Å²) in [6.07, 6.45) is 7.17. The number of carbonyl (C=O) groups is 1. The summed E-state index contributed by atoms with van der Waals surface area (Å²) in [5.74, 6) is 0. The molecule has 202 valence electrons. The van der Waals surface area contributed by atoms with Crippen molar-refractivity contribution < 1.29 is 52.0 Å². The van der Waals surface area contributed by atoms with Gasteiger partial charge in [0.05, 0.1) is 6.10 Å². The minimum Gasteiger partial charge on any atom is -0.850 e. The van der Waals surface area contributed by atoms with Gasteiger partial charge in [0.1, 0.15) is 6.29 Å². The zero-order valence-electron chi connectivity index (χ0n) is 25.7. The Morgan fingerprint density at radius 3 is 2.03 bits per heavy atom. The molecule has 0 radical (unpaired) electrons. The summed E-state index contributed by atoms with van der Waals surface area (Å²) in [6, 6.07) is 28.3. The predicted octanol–water partition coefficient (Wildman–Crippen LogP) is 1.97. The maximum Gasteiger partial charge on any atom is 1.00 e. The molecule has 3 aromatic rings. The summed E-state index contributed by atoms with van der Waals surface area (Å²) in [6.45, 7) is 12.9. The summed E-state index contributed by atoms with van der Waals surface area (Å²) in [7, 11) is -1.57. The Kier molecular flexibility index (Phi) is 23.9. The average molecular weight is 533 g/mol. The van der Waals surface area contributed by atoms with Gasteiger partial charge in [-0.2, -0.15) is 35.9 Å². The fourth-order valence-electron chi connectivity index (χ4n) is 4.10. The van der Waals surface area contributed by atoms with Crippen molar-refractivity contribution in [3.8, 4) is 0 Å². The molecule has 2 atom stereocenters. The first kappa shape index (κ1) is 39.8. The van der Waals surface area contributed by atoms with Gasteiger partial charge in [0.2, 0.25) is 8.32 Å². The second kappa shape index (κ2) is 23.4. The van der Waals surface area contributed by atoms with Crippen molar-refractivity contribution in [2.45, 2.75) is 91.5 Å². The topological polar surface area (TPSA) is 49.4 Å². The summed E-state index contributed by atoms with van der Waals surface area (Å²) in [5, 5.41) is 13.0. The van der Waals surface area contributed by atoms with Crippen LogP contribution in [0.2, 0.25) is 13.1 Å². The normalized spacial score (nSPS) is 14.6. The molecule has 1 aliphatic heterocycles. The van der Waals surface area contributed by atoms with Crippen LogP contribution >= 0.6 is 0 Å². The van der Waals surface area contributed by atoms with Crippen LogP contribution in [0.1, 0.15) is 99.9 Å². The summed E-state index contributed by atoms with van der Waals surface area (Å²) >= 11 is 0. The molecule has 1 aliphatic rings. The first-order valence-corrected chi connectivity index (χ1v) is 16.7. The van der Waals surface area contributed by atoms with Crippen LogP contribution in [0.5, 0.6) is 0 Å². The Morgan fingerprint density at radius 2 is 1.49 bits per heavy atom. The van der Waals surface area contributed by atoms with Crippen LogP contribution in [0.25, 0.3) is 0 Å². The quantitative estimate of drug-likeness (QED) is 0.253. The van der Waals surface area contributed by atoms with Crippen molar-refractivity contribution in [1.29, 1.82) is 0 Å². The third-order valence-corrected chi connectivity index (χ3v) is 8.67. The van der Waals surface area contributed by atoms with E-state index in [0.29, 0.717) is 6.10 Å². The number of benzene rings is 3. The van der Waals surface area contributed by atoms with Crippen LogP contribution in [0.4, 0.5) is 0 Å². The van der Waals surface area contributed by atoms with E-state index < -0.39 is 14.4 Å². The van der Waals surface area contributed by atoms with Crippen molar-refractivity contribution in [2.24, 2.45) is 0 Å². The monoisotopic (exact) mass is 532 g/mol. The van der Waals surface area contributed by atoms with Crippen LogP contribution in [-0.2, 0) is 4.43 Å². The van der Waals surface area contributed by atoms with Crippen LogP contribution in [-0.4, -0.2) is 14.6 Å². The Morgan fingerprint density at radius 1 is 0.897 bits per heavy atom. The van der Waals surface area contributed by atoms with E-state index in [1.807, 2.05) is 50.2 Å². The van der Waals surface area contributed by atoms with E-state index in [1.165, 1.54) is 30.0 Å². The molecular weight excluding hydrogens is 486 g/mol. The summed E-state index contributed by atoms with van der Waals surface area (Å²) < 4.78 is 6.26. The van der Waals surface area contributed by atoms with E-state index in [1.54, 1.807) is 18.2 Å². The molecule has 0 bridgehead atoms. The predicted molar refractivity (Wildman–Crippen MR) is 158 cm³/mol. The number of hydrogen-bond donors (Lipinski definition) is 0. The molecule has 0 saturated heterocycles. The van der Waals surface area contributed by atoms with Crippen molar-refractivity contribution in [3.05, 3.63) is 102 Å². The second-order valence-corrected chi connectivity index (χ2v) is 13.1. The number of hydrogen-bond acceptors (Lipinski definition) is 3. The molecule has 0 aromatic heterocycles. The first-order valence-electron chi connectivity index (χ1n) is 13.8. The van der Waals surface area contributed by atoms with Gasteiger partial charge in [-0.1, -0.05) is 114 Å². The van der Waals surface area contributed by atoms with Gasteiger partial charge in [-0.05, 0) is 30.3 Å². The van der Waals surface area contributed by atoms with Gasteiger partial charge in [-0.3, -0.25) is 4.79 Å². The molecule has 0 amide bonds. The van der Waals surface area contributed by atoms with Crippen molar-refractivity contribution in [1.82, 2.24) is 0 Å². The Hall–Kier alpha value is -1.34. The van der Waals surface area contributed by atoms with Gasteiger partial charge >= 0.3 is 37.7 Å². The molecule has 0 fully saturated rings. The molecule has 0 aliphatic carbocycles. The number of aldehydes is 1. The second-order valence-electron chi connectivity index (χ2n) is 9.32. The number of fused-ring (bicyclic) bond motifs is 1. The maximum atomic E-state index is 11.5. The van der Waals surface area contributed by atoms with E-state index in [2.05, 4.69) is 57.3 Å². The maximum absolute atomic E-state index is 11.5. The molecule has 2 unspecified atom stereocenters. The van der Waals surface area contributed by atoms with E-state index in [-0.39, 0.29) is 37.7 Å². The molecule has 3 nitrogen and oxygen atoms in total. The van der Waals surface area contributed by atoms with Crippen LogP contribution in [0.3, 0.4) is 0 Å². The minimum absolute atomic E-state index is 0. The Labute approximate surface area is 263 Å². The van der Waals surface area contributed by atoms with Gasteiger partial charge < -0.3 is 9.53 Å². The minimum atomic E-state index is -1.57. The molecule has 6 heteroatoms. The molecule has 0 saturated carbocycles. The van der Waals surface area contributed by atoms with Crippen LogP contribution in [0, 0.1) is 6.07 Å². The van der Waals surface area contributed by atoms with Crippen LogP contribution in [0.15, 0.2) is 78.9 Å². The van der Waals surface area contributed by atoms with Gasteiger partial charge in [0.15, 0.2) is 0 Å². The standard InChI is InChI=1S/C13H20OSi.C11H14O.C7H6O.C2H6.2Li/c1-4-5-9-12-11-8-6-7-10-13(11)15(2,3)14-12;1-2-3-9-11(12)10-7-5-4-6-8-10;8-6-7-4-2-1-3-5-7;1-2;;/h6-8,10,12H,4-5,9H2,1-3H3;4-7,11H,2-3,9H2,1H3;1-6H;1-2H3;;/q;-2;;;2*+1. The fourth-order valence-corrected chi connectivity index (χ4v) is 6.62. The van der Waals surface area contributed by atoms with Crippen molar-refractivity contribution in [2.75, 3.05) is 0 Å². The van der Waals surface area contributed by atoms with Crippen molar-refractivity contribution in [3.63, 3.8) is 0 Å². The first-order chi connectivity index (χ1) is 17.9. The number of rotatable bonds is 8.